The van der Waals surface area contributed by atoms with E-state index in [0.717, 1.165) is 12.1 Å². The fraction of sp³-hybridized carbons (Fsp3) is 0.302. The van der Waals surface area contributed by atoms with Crippen molar-refractivity contribution in [3.05, 3.63) is 114 Å². The van der Waals surface area contributed by atoms with E-state index in [1.165, 1.54) is 36.4 Å². The van der Waals surface area contributed by atoms with Crippen LogP contribution in [-0.2, 0) is 33.9 Å². The molecule has 2 bridgehead atoms. The second-order valence-electron chi connectivity index (χ2n) is 14.8. The molecule has 0 spiro atoms. The monoisotopic (exact) mass is 878 g/mol. The summed E-state index contributed by atoms with van der Waals surface area (Å²) >= 11 is 0. The van der Waals surface area contributed by atoms with Gasteiger partial charge in [-0.1, -0.05) is 36.4 Å². The third kappa shape index (κ3) is 10.1. The summed E-state index contributed by atoms with van der Waals surface area (Å²) in [5.41, 5.74) is 2.64. The number of hydrogen-bond donors (Lipinski definition) is 5. The molecule has 0 aromatic heterocycles. The average molecular weight is 879 g/mol. The Hall–Kier alpha value is -6.60. The highest BCUT2D eigenvalue weighted by molar-refractivity contribution is 7.93. The first-order chi connectivity index (χ1) is 29.6. The van der Waals surface area contributed by atoms with Crippen LogP contribution in [0.2, 0.25) is 0 Å². The number of alkyl halides is 3. The molecule has 0 aliphatic carbocycles. The van der Waals surface area contributed by atoms with E-state index in [1.54, 1.807) is 48.5 Å². The fourth-order valence-corrected chi connectivity index (χ4v) is 9.62. The van der Waals surface area contributed by atoms with Gasteiger partial charge in [0, 0.05) is 19.5 Å². The van der Waals surface area contributed by atoms with E-state index in [-0.39, 0.29) is 67.3 Å². The van der Waals surface area contributed by atoms with E-state index < -0.39 is 64.5 Å². The maximum absolute atomic E-state index is 14.3. The van der Waals surface area contributed by atoms with Crippen molar-refractivity contribution in [1.29, 1.82) is 0 Å². The lowest BCUT2D eigenvalue weighted by molar-refractivity contribution is -0.134. The maximum Gasteiger partial charge on any atom is 0.407 e. The number of phenolic OH excluding ortho intramolecular Hbond substituents is 2. The summed E-state index contributed by atoms with van der Waals surface area (Å²) in [5.74, 6) is -1.73. The molecule has 0 radical (unpaired) electrons. The summed E-state index contributed by atoms with van der Waals surface area (Å²) in [7, 11) is -4.76. The van der Waals surface area contributed by atoms with Crippen LogP contribution in [-0.4, -0.2) is 98.7 Å². The fourth-order valence-electron chi connectivity index (χ4n) is 7.62. The SMILES string of the molecule is O=C(COc1ccc(C2CCC(=O)NC2=O)cc1)NCCNC(=O)COc1ccc(N(CC(F)(F)F)S(=O)(=O)C2CC3O[C@H]2C(c2ccc(O)cc2)=C3c2ccc(O)cc2)cc1. The van der Waals surface area contributed by atoms with Gasteiger partial charge in [-0.3, -0.25) is 28.8 Å². The van der Waals surface area contributed by atoms with Crippen molar-refractivity contribution < 1.29 is 65.2 Å². The number of halogens is 3. The number of carbonyl (C=O) groups is 4. The molecule has 4 aromatic rings. The van der Waals surface area contributed by atoms with Crippen molar-refractivity contribution >= 4 is 50.5 Å². The van der Waals surface area contributed by atoms with E-state index in [9.17, 15) is 51.0 Å². The molecule has 7 rings (SSSR count). The van der Waals surface area contributed by atoms with Gasteiger partial charge in [-0.25, -0.2) is 8.42 Å². The normalized spacial score (nSPS) is 19.8. The van der Waals surface area contributed by atoms with Gasteiger partial charge in [0.15, 0.2) is 13.2 Å². The van der Waals surface area contributed by atoms with Gasteiger partial charge in [0.05, 0.1) is 17.7 Å². The molecule has 2 saturated heterocycles. The van der Waals surface area contributed by atoms with Crippen molar-refractivity contribution in [3.8, 4) is 23.0 Å². The molecule has 0 saturated carbocycles. The third-order valence-electron chi connectivity index (χ3n) is 10.5. The molecule has 19 heteroatoms. The molecular formula is C43H41F3N4O11S. The van der Waals surface area contributed by atoms with Gasteiger partial charge in [-0.2, -0.15) is 13.2 Å². The third-order valence-corrected chi connectivity index (χ3v) is 12.7. The molecular weight excluding hydrogens is 838 g/mol. The van der Waals surface area contributed by atoms with Crippen LogP contribution in [0.15, 0.2) is 97.1 Å². The van der Waals surface area contributed by atoms with E-state index in [4.69, 9.17) is 14.2 Å². The Morgan fingerprint density at radius 1 is 0.774 bits per heavy atom. The molecule has 4 amide bonds. The highest BCUT2D eigenvalue weighted by Crippen LogP contribution is 2.51. The predicted molar refractivity (Wildman–Crippen MR) is 217 cm³/mol. The Morgan fingerprint density at radius 2 is 1.29 bits per heavy atom. The Labute approximate surface area is 353 Å². The van der Waals surface area contributed by atoms with Crippen molar-refractivity contribution in [3.63, 3.8) is 0 Å². The lowest BCUT2D eigenvalue weighted by Gasteiger charge is -2.32. The number of nitrogens with zero attached hydrogens (tertiary/aromatic N) is 1. The van der Waals surface area contributed by atoms with Crippen LogP contribution in [0.5, 0.6) is 23.0 Å². The summed E-state index contributed by atoms with van der Waals surface area (Å²) in [6, 6.07) is 23.5. The molecule has 2 fully saturated rings. The minimum Gasteiger partial charge on any atom is -0.508 e. The second kappa shape index (κ2) is 18.2. The standard InChI is InChI=1S/C43H41F3N4O11S/c44-43(45,46)24-50(62(57,58)35-21-34-39(26-1-9-29(51)10-2-26)40(41(35)61-34)27-3-11-30(52)12-4-27)28-7-15-32(16-8-28)60-23-38(55)48-20-19-47-37(54)22-59-31-13-5-25(6-14-31)33-17-18-36(53)49-42(33)56/h1-16,33-35,41,51-52H,17-24H2,(H,47,54)(H,48,55)(H,49,53,56)/t33?,34?,35?,41-/m1/s1. The maximum atomic E-state index is 14.3. The molecule has 3 aliphatic heterocycles. The molecule has 3 aliphatic rings. The number of nitrogens with one attached hydrogen (secondary N) is 3. The van der Waals surface area contributed by atoms with Gasteiger partial charge >= 0.3 is 6.18 Å². The number of imide groups is 1. The minimum atomic E-state index is -4.93. The summed E-state index contributed by atoms with van der Waals surface area (Å²) in [6.45, 7) is -2.55. The van der Waals surface area contributed by atoms with E-state index in [1.807, 2.05) is 0 Å². The number of sulfonamides is 1. The lowest BCUT2D eigenvalue weighted by Crippen LogP contribution is -2.47. The van der Waals surface area contributed by atoms with Crippen LogP contribution in [0, 0.1) is 0 Å². The quantitative estimate of drug-likeness (QED) is 0.0798. The Kier molecular flexibility index (Phi) is 12.7. The molecule has 4 atom stereocenters. The lowest BCUT2D eigenvalue weighted by atomic mass is 9.83. The van der Waals surface area contributed by atoms with Crippen molar-refractivity contribution in [2.45, 2.75) is 48.8 Å². The number of rotatable bonds is 16. The van der Waals surface area contributed by atoms with Crippen LogP contribution in [0.25, 0.3) is 11.1 Å². The van der Waals surface area contributed by atoms with E-state index in [2.05, 4.69) is 16.0 Å². The molecule has 5 N–H and O–H groups in total. The van der Waals surface area contributed by atoms with Gasteiger partial charge in [0.1, 0.15) is 40.9 Å². The van der Waals surface area contributed by atoms with Gasteiger partial charge in [0.25, 0.3) is 11.8 Å². The van der Waals surface area contributed by atoms with Gasteiger partial charge in [0.2, 0.25) is 21.8 Å². The number of hydrogen-bond acceptors (Lipinski definition) is 11. The number of ether oxygens (including phenoxy) is 3. The van der Waals surface area contributed by atoms with E-state index in [0.29, 0.717) is 44.3 Å². The van der Waals surface area contributed by atoms with Crippen LogP contribution in [0.3, 0.4) is 0 Å². The van der Waals surface area contributed by atoms with E-state index >= 15 is 0 Å². The molecule has 15 nitrogen and oxygen atoms in total. The zero-order valence-corrected chi connectivity index (χ0v) is 33.6. The first-order valence-corrected chi connectivity index (χ1v) is 21.0. The molecule has 4 aromatic carbocycles. The van der Waals surface area contributed by atoms with Gasteiger partial charge < -0.3 is 35.1 Å². The number of phenols is 2. The second-order valence-corrected chi connectivity index (χ2v) is 16.8. The topological polar surface area (TPSA) is 210 Å². The summed E-state index contributed by atoms with van der Waals surface area (Å²) in [4.78, 5) is 48.2. The van der Waals surface area contributed by atoms with Gasteiger partial charge in [-0.05, 0) is 101 Å². The zero-order chi connectivity index (χ0) is 44.2. The predicted octanol–water partition coefficient (Wildman–Crippen LogP) is 4.16. The Morgan fingerprint density at radius 3 is 1.81 bits per heavy atom. The number of amides is 4. The Balaban J connectivity index is 0.917. The summed E-state index contributed by atoms with van der Waals surface area (Å²) < 4.78 is 88.1. The number of aromatic hydroxyl groups is 2. The summed E-state index contributed by atoms with van der Waals surface area (Å²) in [5, 5.41) is 25.8. The van der Waals surface area contributed by atoms with Crippen LogP contribution >= 0.6 is 0 Å². The smallest absolute Gasteiger partial charge is 0.407 e. The molecule has 62 heavy (non-hydrogen) atoms. The molecule has 326 valence electrons. The number of piperidine rings is 1. The molecule has 3 heterocycles. The number of fused-ring (bicyclic) bond motifs is 2. The van der Waals surface area contributed by atoms with Gasteiger partial charge in [-0.15, -0.1) is 0 Å². The first-order valence-electron chi connectivity index (χ1n) is 19.4. The minimum absolute atomic E-state index is 0.00497. The number of carbonyl (C=O) groups excluding carboxylic acids is 4. The largest absolute Gasteiger partial charge is 0.508 e. The number of benzene rings is 4. The Bertz CT molecular complexity index is 2450. The van der Waals surface area contributed by atoms with Crippen molar-refractivity contribution in [2.75, 3.05) is 37.2 Å². The van der Waals surface area contributed by atoms with Crippen LogP contribution < -0.4 is 29.7 Å². The van der Waals surface area contributed by atoms with Crippen molar-refractivity contribution in [1.82, 2.24) is 16.0 Å². The average Bonchev–Trinajstić information content (AvgIpc) is 3.84. The molecule has 3 unspecified atom stereocenters. The zero-order valence-electron chi connectivity index (χ0n) is 32.8. The van der Waals surface area contributed by atoms with Crippen LogP contribution in [0.4, 0.5) is 18.9 Å². The van der Waals surface area contributed by atoms with Crippen molar-refractivity contribution in [2.24, 2.45) is 0 Å². The summed E-state index contributed by atoms with van der Waals surface area (Å²) in [6.07, 6.45) is -6.37. The highest BCUT2D eigenvalue weighted by Gasteiger charge is 2.55. The number of anilines is 1. The highest BCUT2D eigenvalue weighted by atomic mass is 32.2. The van der Waals surface area contributed by atoms with Crippen LogP contribution in [0.1, 0.15) is 41.9 Å². The first kappa shape index (κ1) is 43.5.